The summed E-state index contributed by atoms with van der Waals surface area (Å²) in [5, 5.41) is 0.522. The van der Waals surface area contributed by atoms with Crippen molar-refractivity contribution in [2.45, 2.75) is 6.61 Å². The van der Waals surface area contributed by atoms with Crippen LogP contribution in [-0.4, -0.2) is 0 Å². The summed E-state index contributed by atoms with van der Waals surface area (Å²) in [6.07, 6.45) is 0. The van der Waals surface area contributed by atoms with Gasteiger partial charge in [0.15, 0.2) is 0 Å². The van der Waals surface area contributed by atoms with Crippen molar-refractivity contribution >= 4 is 33.2 Å². The summed E-state index contributed by atoms with van der Waals surface area (Å²) in [6.45, 7) is 0.0931. The number of hydrogen-bond donors (Lipinski definition) is 1. The molecule has 0 heterocycles. The third-order valence-corrected chi connectivity index (χ3v) is 3.09. The maximum atomic E-state index is 13.5. The molecule has 0 fully saturated rings. The molecule has 2 nitrogen and oxygen atoms in total. The van der Waals surface area contributed by atoms with Crippen LogP contribution in [-0.2, 0) is 6.61 Å². The lowest BCUT2D eigenvalue weighted by atomic mass is 10.2. The van der Waals surface area contributed by atoms with Crippen LogP contribution in [0.1, 0.15) is 5.56 Å². The Morgan fingerprint density at radius 2 is 2.00 bits per heavy atom. The predicted molar refractivity (Wildman–Crippen MR) is 74.3 cm³/mol. The average Bonchev–Trinajstić information content (AvgIpc) is 2.34. The molecule has 0 spiro atoms. The van der Waals surface area contributed by atoms with Crippen LogP contribution >= 0.6 is 27.5 Å². The molecule has 0 radical (unpaired) electrons. The summed E-state index contributed by atoms with van der Waals surface area (Å²) in [7, 11) is 0. The lowest BCUT2D eigenvalue weighted by Crippen LogP contribution is -2.01. The smallest absolute Gasteiger partial charge is 0.144 e. The minimum absolute atomic E-state index is 0.0931. The van der Waals surface area contributed by atoms with Gasteiger partial charge in [-0.3, -0.25) is 0 Å². The van der Waals surface area contributed by atoms with Crippen LogP contribution in [0.25, 0.3) is 0 Å². The monoisotopic (exact) mass is 329 g/mol. The van der Waals surface area contributed by atoms with E-state index in [0.717, 1.165) is 4.47 Å². The van der Waals surface area contributed by atoms with Gasteiger partial charge in [0, 0.05) is 21.1 Å². The quantitative estimate of drug-likeness (QED) is 0.846. The van der Waals surface area contributed by atoms with Crippen LogP contribution < -0.4 is 10.5 Å². The molecule has 2 aromatic rings. The SMILES string of the molecule is Nc1ccc(Cl)cc1OCc1cc(Br)ccc1F. The van der Waals surface area contributed by atoms with Gasteiger partial charge in [0.2, 0.25) is 0 Å². The zero-order chi connectivity index (χ0) is 13.1. The standard InChI is InChI=1S/C13H10BrClFNO/c14-9-1-3-11(16)8(5-9)7-18-13-6-10(15)2-4-12(13)17/h1-6H,7,17H2. The number of nitrogens with two attached hydrogens (primary N) is 1. The minimum Gasteiger partial charge on any atom is -0.487 e. The Balaban J connectivity index is 2.16. The van der Waals surface area contributed by atoms with Gasteiger partial charge in [-0.25, -0.2) is 4.39 Å². The van der Waals surface area contributed by atoms with Crippen LogP contribution in [0.15, 0.2) is 40.9 Å². The summed E-state index contributed by atoms with van der Waals surface area (Å²) in [5.74, 6) is 0.126. The first-order chi connectivity index (χ1) is 8.56. The number of hydrogen-bond acceptors (Lipinski definition) is 2. The molecule has 0 amide bonds. The fourth-order valence-corrected chi connectivity index (χ4v) is 2.01. The Hall–Kier alpha value is -1.26. The molecular weight excluding hydrogens is 321 g/mol. The summed E-state index contributed by atoms with van der Waals surface area (Å²) in [6, 6.07) is 9.60. The first kappa shape index (κ1) is 13.2. The van der Waals surface area contributed by atoms with Crippen molar-refractivity contribution in [1.82, 2.24) is 0 Å². The number of rotatable bonds is 3. The van der Waals surface area contributed by atoms with Crippen LogP contribution in [0.5, 0.6) is 5.75 Å². The van der Waals surface area contributed by atoms with Crippen molar-refractivity contribution in [3.63, 3.8) is 0 Å². The van der Waals surface area contributed by atoms with E-state index in [4.69, 9.17) is 22.1 Å². The lowest BCUT2D eigenvalue weighted by Gasteiger charge is -2.10. The minimum atomic E-state index is -0.321. The van der Waals surface area contributed by atoms with Crippen molar-refractivity contribution < 1.29 is 9.13 Å². The van der Waals surface area contributed by atoms with E-state index in [1.54, 1.807) is 30.3 Å². The fourth-order valence-electron chi connectivity index (χ4n) is 1.44. The van der Waals surface area contributed by atoms with E-state index in [1.165, 1.54) is 6.07 Å². The van der Waals surface area contributed by atoms with E-state index in [9.17, 15) is 4.39 Å². The van der Waals surface area contributed by atoms with Gasteiger partial charge in [-0.1, -0.05) is 27.5 Å². The van der Waals surface area contributed by atoms with Gasteiger partial charge in [0.05, 0.1) is 5.69 Å². The molecule has 0 aliphatic rings. The van der Waals surface area contributed by atoms with Gasteiger partial charge in [-0.2, -0.15) is 0 Å². The largest absolute Gasteiger partial charge is 0.487 e. The molecule has 0 bridgehead atoms. The number of anilines is 1. The molecule has 0 aliphatic heterocycles. The van der Waals surface area contributed by atoms with Crippen LogP contribution in [0.2, 0.25) is 5.02 Å². The van der Waals surface area contributed by atoms with Crippen molar-refractivity contribution in [2.24, 2.45) is 0 Å². The number of halogens is 3. The molecule has 2 rings (SSSR count). The van der Waals surface area contributed by atoms with E-state index in [0.29, 0.717) is 22.0 Å². The summed E-state index contributed by atoms with van der Waals surface area (Å²) < 4.78 is 19.8. The molecule has 2 N–H and O–H groups in total. The van der Waals surface area contributed by atoms with Crippen molar-refractivity contribution in [3.05, 3.63) is 57.3 Å². The maximum absolute atomic E-state index is 13.5. The highest BCUT2D eigenvalue weighted by atomic mass is 79.9. The molecule has 0 saturated carbocycles. The van der Waals surface area contributed by atoms with Crippen molar-refractivity contribution in [1.29, 1.82) is 0 Å². The Labute approximate surface area is 118 Å². The molecule has 0 saturated heterocycles. The Morgan fingerprint density at radius 3 is 2.78 bits per heavy atom. The van der Waals surface area contributed by atoms with Gasteiger partial charge < -0.3 is 10.5 Å². The second kappa shape index (κ2) is 5.59. The van der Waals surface area contributed by atoms with E-state index in [-0.39, 0.29) is 12.4 Å². The Kier molecular flexibility index (Phi) is 4.09. The first-order valence-corrected chi connectivity index (χ1v) is 6.35. The summed E-state index contributed by atoms with van der Waals surface area (Å²) in [4.78, 5) is 0. The number of benzene rings is 2. The number of ether oxygens (including phenoxy) is 1. The van der Waals surface area contributed by atoms with Crippen LogP contribution in [0.4, 0.5) is 10.1 Å². The normalized spacial score (nSPS) is 10.4. The maximum Gasteiger partial charge on any atom is 0.144 e. The molecule has 2 aromatic carbocycles. The Morgan fingerprint density at radius 1 is 1.22 bits per heavy atom. The summed E-state index contributed by atoms with van der Waals surface area (Å²) >= 11 is 9.12. The first-order valence-electron chi connectivity index (χ1n) is 5.18. The van der Waals surface area contributed by atoms with E-state index < -0.39 is 0 Å². The van der Waals surface area contributed by atoms with Gasteiger partial charge in [0.1, 0.15) is 18.2 Å². The number of nitrogen functional groups attached to an aromatic ring is 1. The molecule has 0 atom stereocenters. The Bertz CT molecular complexity index is 525. The molecule has 5 heteroatoms. The molecule has 18 heavy (non-hydrogen) atoms. The molecule has 0 unspecified atom stereocenters. The fraction of sp³-hybridized carbons (Fsp3) is 0.0769. The highest BCUT2D eigenvalue weighted by Crippen LogP contribution is 2.26. The van der Waals surface area contributed by atoms with Gasteiger partial charge in [-0.05, 0) is 30.3 Å². The summed E-state index contributed by atoms with van der Waals surface area (Å²) in [5.41, 5.74) is 6.65. The highest BCUT2D eigenvalue weighted by Gasteiger charge is 2.06. The highest BCUT2D eigenvalue weighted by molar-refractivity contribution is 9.10. The average molecular weight is 331 g/mol. The van der Waals surface area contributed by atoms with E-state index >= 15 is 0 Å². The van der Waals surface area contributed by atoms with Gasteiger partial charge >= 0.3 is 0 Å². The van der Waals surface area contributed by atoms with Crippen molar-refractivity contribution in [2.75, 3.05) is 5.73 Å². The molecule has 0 aromatic heterocycles. The third-order valence-electron chi connectivity index (χ3n) is 2.37. The third kappa shape index (κ3) is 3.15. The zero-order valence-electron chi connectivity index (χ0n) is 9.29. The van der Waals surface area contributed by atoms with Crippen LogP contribution in [0, 0.1) is 5.82 Å². The van der Waals surface area contributed by atoms with E-state index in [1.807, 2.05) is 0 Å². The van der Waals surface area contributed by atoms with Gasteiger partial charge in [0.25, 0.3) is 0 Å². The second-order valence-electron chi connectivity index (χ2n) is 3.71. The molecule has 0 aliphatic carbocycles. The predicted octanol–water partition coefficient (Wildman–Crippen LogP) is 4.40. The van der Waals surface area contributed by atoms with E-state index in [2.05, 4.69) is 15.9 Å². The zero-order valence-corrected chi connectivity index (χ0v) is 11.6. The molecule has 94 valence electrons. The van der Waals surface area contributed by atoms with Gasteiger partial charge in [-0.15, -0.1) is 0 Å². The second-order valence-corrected chi connectivity index (χ2v) is 5.06. The molecular formula is C13H10BrClFNO. The lowest BCUT2D eigenvalue weighted by molar-refractivity contribution is 0.301. The van der Waals surface area contributed by atoms with Crippen LogP contribution in [0.3, 0.4) is 0 Å². The van der Waals surface area contributed by atoms with Crippen molar-refractivity contribution in [3.8, 4) is 5.75 Å². The topological polar surface area (TPSA) is 35.2 Å².